The van der Waals surface area contributed by atoms with Crippen molar-refractivity contribution in [1.29, 1.82) is 0 Å². The monoisotopic (exact) mass is 287 g/mol. The standard InChI is InChI=1S/C12H18BrNO2/c1-4-5-10(14)8-6-11(15-2)12(16-3)7-9(8)13/h6-7,10H,4-5,14H2,1-3H3/t10-/m1/s1. The van der Waals surface area contributed by atoms with E-state index in [0.717, 1.165) is 22.9 Å². The Hall–Kier alpha value is -0.740. The predicted octanol–water partition coefficient (Wildman–Crippen LogP) is 3.27. The van der Waals surface area contributed by atoms with Crippen molar-refractivity contribution in [2.45, 2.75) is 25.8 Å². The molecule has 1 aromatic rings. The largest absolute Gasteiger partial charge is 0.493 e. The van der Waals surface area contributed by atoms with Crippen molar-refractivity contribution < 1.29 is 9.47 Å². The summed E-state index contributed by atoms with van der Waals surface area (Å²) in [5.41, 5.74) is 7.15. The van der Waals surface area contributed by atoms with Crippen LogP contribution in [-0.2, 0) is 0 Å². The average molecular weight is 288 g/mol. The fourth-order valence-electron chi connectivity index (χ4n) is 1.62. The first-order chi connectivity index (χ1) is 7.63. The third-order valence-corrected chi connectivity index (χ3v) is 3.19. The maximum atomic E-state index is 6.10. The molecule has 1 atom stereocenters. The molecule has 2 N–H and O–H groups in total. The van der Waals surface area contributed by atoms with Crippen LogP contribution in [0.3, 0.4) is 0 Å². The van der Waals surface area contributed by atoms with Crippen LogP contribution < -0.4 is 15.2 Å². The van der Waals surface area contributed by atoms with Crippen LogP contribution >= 0.6 is 15.9 Å². The van der Waals surface area contributed by atoms with Gasteiger partial charge in [0.25, 0.3) is 0 Å². The molecule has 90 valence electrons. The highest BCUT2D eigenvalue weighted by Crippen LogP contribution is 2.36. The first-order valence-corrected chi connectivity index (χ1v) is 6.10. The zero-order valence-electron chi connectivity index (χ0n) is 9.92. The lowest BCUT2D eigenvalue weighted by Crippen LogP contribution is -2.10. The van der Waals surface area contributed by atoms with Gasteiger partial charge in [0.1, 0.15) is 0 Å². The van der Waals surface area contributed by atoms with E-state index >= 15 is 0 Å². The lowest BCUT2D eigenvalue weighted by atomic mass is 10.0. The normalized spacial score (nSPS) is 12.3. The number of benzene rings is 1. The van der Waals surface area contributed by atoms with Crippen molar-refractivity contribution in [3.05, 3.63) is 22.2 Å². The first-order valence-electron chi connectivity index (χ1n) is 5.31. The van der Waals surface area contributed by atoms with Gasteiger partial charge in [0.2, 0.25) is 0 Å². The van der Waals surface area contributed by atoms with Gasteiger partial charge in [-0.05, 0) is 24.1 Å². The summed E-state index contributed by atoms with van der Waals surface area (Å²) in [5, 5.41) is 0. The number of hydrogen-bond acceptors (Lipinski definition) is 3. The number of nitrogens with two attached hydrogens (primary N) is 1. The smallest absolute Gasteiger partial charge is 0.161 e. The van der Waals surface area contributed by atoms with Gasteiger partial charge in [0, 0.05) is 10.5 Å². The minimum absolute atomic E-state index is 0.0270. The minimum atomic E-state index is 0.0270. The number of ether oxygens (including phenoxy) is 2. The molecule has 0 amide bonds. The third-order valence-electron chi connectivity index (χ3n) is 2.50. The second-order valence-electron chi connectivity index (χ2n) is 3.62. The summed E-state index contributed by atoms with van der Waals surface area (Å²) in [6.45, 7) is 2.12. The van der Waals surface area contributed by atoms with Crippen LogP contribution in [0.4, 0.5) is 0 Å². The zero-order chi connectivity index (χ0) is 12.1. The van der Waals surface area contributed by atoms with E-state index in [1.807, 2.05) is 12.1 Å². The third kappa shape index (κ3) is 2.89. The number of methoxy groups -OCH3 is 2. The fraction of sp³-hybridized carbons (Fsp3) is 0.500. The molecule has 0 heterocycles. The van der Waals surface area contributed by atoms with Crippen molar-refractivity contribution in [2.24, 2.45) is 5.73 Å². The molecule has 4 heteroatoms. The first kappa shape index (κ1) is 13.3. The van der Waals surface area contributed by atoms with E-state index in [-0.39, 0.29) is 6.04 Å². The molecule has 0 aliphatic heterocycles. The average Bonchev–Trinajstić information content (AvgIpc) is 2.28. The molecule has 0 unspecified atom stereocenters. The van der Waals surface area contributed by atoms with Gasteiger partial charge in [-0.2, -0.15) is 0 Å². The van der Waals surface area contributed by atoms with Crippen molar-refractivity contribution in [1.82, 2.24) is 0 Å². The second-order valence-corrected chi connectivity index (χ2v) is 4.48. The summed E-state index contributed by atoms with van der Waals surface area (Å²) in [6, 6.07) is 3.85. The Morgan fingerprint density at radius 2 is 1.81 bits per heavy atom. The molecular weight excluding hydrogens is 270 g/mol. The van der Waals surface area contributed by atoms with Gasteiger partial charge in [-0.15, -0.1) is 0 Å². The van der Waals surface area contributed by atoms with Gasteiger partial charge < -0.3 is 15.2 Å². The highest BCUT2D eigenvalue weighted by molar-refractivity contribution is 9.10. The molecule has 1 aromatic carbocycles. The summed E-state index contributed by atoms with van der Waals surface area (Å²) in [5.74, 6) is 1.43. The number of rotatable bonds is 5. The molecule has 0 aliphatic carbocycles. The van der Waals surface area contributed by atoms with E-state index in [0.29, 0.717) is 11.5 Å². The molecule has 0 saturated carbocycles. The lowest BCUT2D eigenvalue weighted by Gasteiger charge is -2.16. The summed E-state index contributed by atoms with van der Waals surface area (Å²) in [7, 11) is 3.25. The van der Waals surface area contributed by atoms with Crippen LogP contribution in [0.1, 0.15) is 31.4 Å². The quantitative estimate of drug-likeness (QED) is 0.904. The van der Waals surface area contributed by atoms with Gasteiger partial charge in [0.15, 0.2) is 11.5 Å². The molecule has 16 heavy (non-hydrogen) atoms. The molecule has 3 nitrogen and oxygen atoms in total. The summed E-state index contributed by atoms with van der Waals surface area (Å²) >= 11 is 3.51. The highest BCUT2D eigenvalue weighted by atomic mass is 79.9. The lowest BCUT2D eigenvalue weighted by molar-refractivity contribution is 0.354. The summed E-state index contributed by atoms with van der Waals surface area (Å²) in [4.78, 5) is 0. The van der Waals surface area contributed by atoms with Gasteiger partial charge in [-0.3, -0.25) is 0 Å². The minimum Gasteiger partial charge on any atom is -0.493 e. The topological polar surface area (TPSA) is 44.5 Å². The molecule has 0 aromatic heterocycles. The maximum absolute atomic E-state index is 6.10. The molecule has 1 rings (SSSR count). The molecule has 0 aliphatic rings. The highest BCUT2D eigenvalue weighted by Gasteiger charge is 2.14. The predicted molar refractivity (Wildman–Crippen MR) is 69.1 cm³/mol. The zero-order valence-corrected chi connectivity index (χ0v) is 11.5. The van der Waals surface area contributed by atoms with Crippen LogP contribution in [-0.4, -0.2) is 14.2 Å². The maximum Gasteiger partial charge on any atom is 0.161 e. The van der Waals surface area contributed by atoms with Crippen LogP contribution in [0.25, 0.3) is 0 Å². The molecular formula is C12H18BrNO2. The van der Waals surface area contributed by atoms with E-state index in [9.17, 15) is 0 Å². The van der Waals surface area contributed by atoms with Crippen molar-refractivity contribution in [3.63, 3.8) is 0 Å². The SMILES string of the molecule is CCC[C@@H](N)c1cc(OC)c(OC)cc1Br. The van der Waals surface area contributed by atoms with E-state index in [2.05, 4.69) is 22.9 Å². The van der Waals surface area contributed by atoms with Crippen molar-refractivity contribution >= 4 is 15.9 Å². The molecule has 0 radical (unpaired) electrons. The van der Waals surface area contributed by atoms with Crippen LogP contribution in [0.5, 0.6) is 11.5 Å². The van der Waals surface area contributed by atoms with E-state index < -0.39 is 0 Å². The van der Waals surface area contributed by atoms with E-state index in [4.69, 9.17) is 15.2 Å². The molecule has 0 saturated heterocycles. The number of halogens is 1. The fourth-order valence-corrected chi connectivity index (χ4v) is 2.24. The van der Waals surface area contributed by atoms with E-state index in [1.54, 1.807) is 14.2 Å². The Morgan fingerprint density at radius 1 is 1.25 bits per heavy atom. The molecule has 0 fully saturated rings. The van der Waals surface area contributed by atoms with E-state index in [1.165, 1.54) is 0 Å². The van der Waals surface area contributed by atoms with Crippen molar-refractivity contribution in [3.8, 4) is 11.5 Å². The number of hydrogen-bond donors (Lipinski definition) is 1. The van der Waals surface area contributed by atoms with Gasteiger partial charge in [0.05, 0.1) is 14.2 Å². The summed E-state index contributed by atoms with van der Waals surface area (Å²) < 4.78 is 11.4. The van der Waals surface area contributed by atoms with Crippen molar-refractivity contribution in [2.75, 3.05) is 14.2 Å². The Kier molecular flexibility index (Phi) is 5.09. The Labute approximate surface area is 105 Å². The van der Waals surface area contributed by atoms with Gasteiger partial charge in [-0.25, -0.2) is 0 Å². The van der Waals surface area contributed by atoms with Gasteiger partial charge in [-0.1, -0.05) is 29.3 Å². The molecule has 0 spiro atoms. The molecule has 0 bridgehead atoms. The Balaban J connectivity index is 3.10. The Bertz CT molecular complexity index is 355. The summed E-state index contributed by atoms with van der Waals surface area (Å²) in [6.07, 6.45) is 2.01. The Morgan fingerprint density at radius 3 is 2.31 bits per heavy atom. The second kappa shape index (κ2) is 6.11. The van der Waals surface area contributed by atoms with Crippen LogP contribution in [0.15, 0.2) is 16.6 Å². The van der Waals surface area contributed by atoms with Gasteiger partial charge >= 0.3 is 0 Å². The van der Waals surface area contributed by atoms with Crippen LogP contribution in [0, 0.1) is 0 Å². The van der Waals surface area contributed by atoms with Crippen LogP contribution in [0.2, 0.25) is 0 Å².